The van der Waals surface area contributed by atoms with Crippen molar-refractivity contribution in [1.29, 1.82) is 0 Å². The Morgan fingerprint density at radius 1 is 1.36 bits per heavy atom. The summed E-state index contributed by atoms with van der Waals surface area (Å²) in [5, 5.41) is 25.2. The van der Waals surface area contributed by atoms with Gasteiger partial charge in [0.1, 0.15) is 5.75 Å². The van der Waals surface area contributed by atoms with E-state index in [2.05, 4.69) is 10.5 Å². The summed E-state index contributed by atoms with van der Waals surface area (Å²) < 4.78 is 10.5. The minimum Gasteiger partial charge on any atom is -0.500 e. The van der Waals surface area contributed by atoms with Crippen molar-refractivity contribution >= 4 is 29.4 Å². The number of nitro groups is 1. The van der Waals surface area contributed by atoms with Crippen molar-refractivity contribution in [2.24, 2.45) is 5.10 Å². The number of aromatic hydroxyl groups is 1. The quantitative estimate of drug-likeness (QED) is 0.393. The van der Waals surface area contributed by atoms with Gasteiger partial charge in [-0.05, 0) is 43.7 Å². The van der Waals surface area contributed by atoms with E-state index in [0.29, 0.717) is 10.8 Å². The lowest BCUT2D eigenvalue weighted by Crippen LogP contribution is -2.24. The molecule has 0 aliphatic carbocycles. The van der Waals surface area contributed by atoms with Crippen molar-refractivity contribution in [2.45, 2.75) is 13.8 Å². The molecule has 2 rings (SSSR count). The number of hydrazone groups is 1. The highest BCUT2D eigenvalue weighted by molar-refractivity contribution is 6.31. The van der Waals surface area contributed by atoms with Crippen LogP contribution in [0.15, 0.2) is 35.4 Å². The fourth-order valence-electron chi connectivity index (χ4n) is 2.16. The molecule has 0 aliphatic heterocycles. The molecular formula is C18H18ClN3O6. The fraction of sp³-hybridized carbons (Fsp3) is 0.222. The molecule has 0 saturated heterocycles. The number of aryl methyl sites for hydroxylation is 1. The standard InChI is InChI=1S/C18H18ClN3O6/c1-3-27-16-8-12(7-15(18(16)24)22(25)26)9-20-21-17(23)10-28-13-4-5-14(19)11(2)6-13/h4-9,24H,3,10H2,1-2H3,(H,21,23)/b20-9-. The molecule has 0 heterocycles. The summed E-state index contributed by atoms with van der Waals surface area (Å²) in [6.45, 7) is 3.42. The van der Waals surface area contributed by atoms with E-state index < -0.39 is 22.3 Å². The van der Waals surface area contributed by atoms with Gasteiger partial charge in [0.15, 0.2) is 12.4 Å². The molecule has 0 atom stereocenters. The minimum atomic E-state index is -0.740. The van der Waals surface area contributed by atoms with Crippen LogP contribution in [0.5, 0.6) is 17.2 Å². The highest BCUT2D eigenvalue weighted by Crippen LogP contribution is 2.36. The van der Waals surface area contributed by atoms with E-state index >= 15 is 0 Å². The molecule has 2 aromatic carbocycles. The second-order valence-electron chi connectivity index (χ2n) is 5.57. The van der Waals surface area contributed by atoms with E-state index in [1.165, 1.54) is 12.3 Å². The van der Waals surface area contributed by atoms with Gasteiger partial charge in [0, 0.05) is 16.7 Å². The number of amides is 1. The van der Waals surface area contributed by atoms with Crippen LogP contribution in [0.2, 0.25) is 5.02 Å². The van der Waals surface area contributed by atoms with E-state index in [9.17, 15) is 20.0 Å². The highest BCUT2D eigenvalue weighted by Gasteiger charge is 2.19. The molecular weight excluding hydrogens is 390 g/mol. The smallest absolute Gasteiger partial charge is 0.315 e. The third-order valence-corrected chi connectivity index (χ3v) is 3.90. The summed E-state index contributed by atoms with van der Waals surface area (Å²) in [4.78, 5) is 22.1. The number of hydrogen-bond donors (Lipinski definition) is 2. The molecule has 1 amide bonds. The molecule has 2 N–H and O–H groups in total. The summed E-state index contributed by atoms with van der Waals surface area (Å²) in [5.41, 5.74) is 2.80. The number of ether oxygens (including phenoxy) is 2. The zero-order valence-electron chi connectivity index (χ0n) is 15.1. The normalized spacial score (nSPS) is 10.7. The Morgan fingerprint density at radius 2 is 2.11 bits per heavy atom. The van der Waals surface area contributed by atoms with Crippen molar-refractivity contribution in [3.05, 3.63) is 56.6 Å². The van der Waals surface area contributed by atoms with E-state index in [0.717, 1.165) is 11.6 Å². The Morgan fingerprint density at radius 3 is 2.75 bits per heavy atom. The van der Waals surface area contributed by atoms with Crippen molar-refractivity contribution < 1.29 is 24.3 Å². The van der Waals surface area contributed by atoms with Crippen molar-refractivity contribution in [3.63, 3.8) is 0 Å². The maximum atomic E-state index is 11.8. The van der Waals surface area contributed by atoms with Crippen molar-refractivity contribution in [1.82, 2.24) is 5.43 Å². The third-order valence-electron chi connectivity index (χ3n) is 3.48. The maximum Gasteiger partial charge on any atom is 0.315 e. The van der Waals surface area contributed by atoms with Crippen LogP contribution in [-0.2, 0) is 4.79 Å². The first-order valence-electron chi connectivity index (χ1n) is 8.16. The molecule has 0 saturated carbocycles. The first-order chi connectivity index (χ1) is 13.3. The Labute approximate surface area is 165 Å². The summed E-state index contributed by atoms with van der Waals surface area (Å²) in [6, 6.07) is 7.48. The molecule has 9 nitrogen and oxygen atoms in total. The number of nitrogens with one attached hydrogen (secondary N) is 1. The average molecular weight is 408 g/mol. The number of rotatable bonds is 8. The number of nitrogens with zero attached hydrogens (tertiary/aromatic N) is 2. The zero-order valence-corrected chi connectivity index (χ0v) is 15.9. The van der Waals surface area contributed by atoms with Gasteiger partial charge in [-0.25, -0.2) is 5.43 Å². The van der Waals surface area contributed by atoms with Crippen LogP contribution in [0.4, 0.5) is 5.69 Å². The molecule has 0 bridgehead atoms. The fourth-order valence-corrected chi connectivity index (χ4v) is 2.28. The van der Waals surface area contributed by atoms with Gasteiger partial charge in [0.2, 0.25) is 5.75 Å². The number of nitro benzene ring substituents is 1. The average Bonchev–Trinajstić information content (AvgIpc) is 2.65. The lowest BCUT2D eigenvalue weighted by Gasteiger charge is -2.07. The topological polar surface area (TPSA) is 123 Å². The second-order valence-corrected chi connectivity index (χ2v) is 5.98. The summed E-state index contributed by atoms with van der Waals surface area (Å²) in [6.07, 6.45) is 1.19. The van der Waals surface area contributed by atoms with Crippen LogP contribution in [0.25, 0.3) is 0 Å². The lowest BCUT2D eigenvalue weighted by molar-refractivity contribution is -0.386. The number of benzene rings is 2. The van der Waals surface area contributed by atoms with Gasteiger partial charge in [0.05, 0.1) is 17.7 Å². The molecule has 28 heavy (non-hydrogen) atoms. The zero-order chi connectivity index (χ0) is 20.7. The van der Waals surface area contributed by atoms with E-state index in [-0.39, 0.29) is 24.5 Å². The molecule has 0 aliphatic rings. The number of halogens is 1. The molecule has 2 aromatic rings. The number of phenols is 1. The van der Waals surface area contributed by atoms with Gasteiger partial charge in [-0.1, -0.05) is 11.6 Å². The SMILES string of the molecule is CCOc1cc(/C=N\NC(=O)COc2ccc(Cl)c(C)c2)cc([N+](=O)[O-])c1O. The molecule has 0 fully saturated rings. The van der Waals surface area contributed by atoms with Gasteiger partial charge in [0.25, 0.3) is 5.91 Å². The van der Waals surface area contributed by atoms with Crippen molar-refractivity contribution in [3.8, 4) is 17.2 Å². The highest BCUT2D eigenvalue weighted by atomic mass is 35.5. The van der Waals surface area contributed by atoms with E-state index in [1.807, 2.05) is 6.92 Å². The largest absolute Gasteiger partial charge is 0.500 e. The van der Waals surface area contributed by atoms with Crippen LogP contribution in [0.1, 0.15) is 18.1 Å². The van der Waals surface area contributed by atoms with Gasteiger partial charge in [-0.2, -0.15) is 5.10 Å². The van der Waals surface area contributed by atoms with Crippen LogP contribution in [0, 0.1) is 17.0 Å². The van der Waals surface area contributed by atoms with Crippen LogP contribution < -0.4 is 14.9 Å². The maximum absolute atomic E-state index is 11.8. The van der Waals surface area contributed by atoms with Gasteiger partial charge in [-0.15, -0.1) is 0 Å². The number of carbonyl (C=O) groups excluding carboxylic acids is 1. The van der Waals surface area contributed by atoms with Crippen LogP contribution >= 0.6 is 11.6 Å². The second kappa shape index (κ2) is 9.56. The monoisotopic (exact) mass is 407 g/mol. The van der Waals surface area contributed by atoms with Gasteiger partial charge >= 0.3 is 5.69 Å². The molecule has 10 heteroatoms. The number of phenolic OH excluding ortho intramolecular Hbond substituents is 1. The molecule has 0 unspecified atom stereocenters. The molecule has 0 radical (unpaired) electrons. The Bertz CT molecular complexity index is 916. The summed E-state index contributed by atoms with van der Waals surface area (Å²) in [5.74, 6) is -0.663. The van der Waals surface area contributed by atoms with Gasteiger partial charge in [-0.3, -0.25) is 14.9 Å². The minimum absolute atomic E-state index is 0.0501. The molecule has 0 aromatic heterocycles. The lowest BCUT2D eigenvalue weighted by atomic mass is 10.2. The summed E-state index contributed by atoms with van der Waals surface area (Å²) in [7, 11) is 0. The third kappa shape index (κ3) is 5.58. The van der Waals surface area contributed by atoms with Crippen LogP contribution in [0.3, 0.4) is 0 Å². The van der Waals surface area contributed by atoms with Gasteiger partial charge < -0.3 is 14.6 Å². The number of carbonyl (C=O) groups is 1. The Hall–Kier alpha value is -3.33. The Balaban J connectivity index is 2.00. The molecule has 148 valence electrons. The molecule has 0 spiro atoms. The van der Waals surface area contributed by atoms with Crippen molar-refractivity contribution in [2.75, 3.05) is 13.2 Å². The summed E-state index contributed by atoms with van der Waals surface area (Å²) >= 11 is 5.92. The first-order valence-corrected chi connectivity index (χ1v) is 8.54. The first kappa shape index (κ1) is 21.0. The predicted octanol–water partition coefficient (Wildman–Crippen LogP) is 3.19. The predicted molar refractivity (Wildman–Crippen MR) is 103 cm³/mol. The Kier molecular flexibility index (Phi) is 7.16. The van der Waals surface area contributed by atoms with E-state index in [1.54, 1.807) is 25.1 Å². The number of hydrogen-bond acceptors (Lipinski definition) is 7. The van der Waals surface area contributed by atoms with E-state index in [4.69, 9.17) is 21.1 Å². The van der Waals surface area contributed by atoms with Crippen LogP contribution in [-0.4, -0.2) is 35.4 Å².